The van der Waals surface area contributed by atoms with Crippen molar-refractivity contribution >= 4 is 16.8 Å². The van der Waals surface area contributed by atoms with Crippen LogP contribution < -0.4 is 20.7 Å². The highest BCUT2D eigenvalue weighted by atomic mass is 16.5. The van der Waals surface area contributed by atoms with Gasteiger partial charge in [0.15, 0.2) is 11.5 Å². The molecular formula is C26H31N3O5. The van der Waals surface area contributed by atoms with Gasteiger partial charge in [-0.05, 0) is 29.9 Å². The molecule has 2 aromatic carbocycles. The molecule has 4 rings (SSSR count). The van der Waals surface area contributed by atoms with E-state index in [4.69, 9.17) is 9.47 Å². The van der Waals surface area contributed by atoms with Crippen LogP contribution >= 0.6 is 0 Å². The van der Waals surface area contributed by atoms with Gasteiger partial charge >= 0.3 is 5.69 Å². The summed E-state index contributed by atoms with van der Waals surface area (Å²) in [5.41, 5.74) is 0.204. The summed E-state index contributed by atoms with van der Waals surface area (Å²) in [6, 6.07) is 12.5. The lowest BCUT2D eigenvalue weighted by Crippen LogP contribution is -2.47. The zero-order valence-electron chi connectivity index (χ0n) is 20.1. The predicted octanol–water partition coefficient (Wildman–Crippen LogP) is 2.73. The number of nitrogens with zero attached hydrogens (tertiary/aromatic N) is 3. The molecular weight excluding hydrogens is 434 g/mol. The zero-order valence-corrected chi connectivity index (χ0v) is 20.1. The third-order valence-electron chi connectivity index (χ3n) is 6.43. The molecule has 1 saturated heterocycles. The number of hydrogen-bond acceptors (Lipinski definition) is 5. The van der Waals surface area contributed by atoms with Gasteiger partial charge in [-0.2, -0.15) is 0 Å². The van der Waals surface area contributed by atoms with Crippen LogP contribution in [0.1, 0.15) is 25.8 Å². The number of rotatable bonds is 6. The minimum atomic E-state index is -0.528. The molecule has 1 aromatic heterocycles. The van der Waals surface area contributed by atoms with E-state index in [2.05, 4.69) is 13.8 Å². The summed E-state index contributed by atoms with van der Waals surface area (Å²) in [5.74, 6) is 1.43. The molecule has 3 aromatic rings. The SMILES string of the molecule is COc1cc2c(=O)n(Cc3ccccc3)c(=O)n(CC(=O)N3C[C@H](C)C[C@H](C)C3)c2cc1OC. The average molecular weight is 466 g/mol. The molecule has 2 heterocycles. The molecule has 8 heteroatoms. The second-order valence-electron chi connectivity index (χ2n) is 9.21. The van der Waals surface area contributed by atoms with Crippen LogP contribution in [0.25, 0.3) is 10.9 Å². The van der Waals surface area contributed by atoms with Gasteiger partial charge in [0, 0.05) is 19.2 Å². The quantitative estimate of drug-likeness (QED) is 0.559. The largest absolute Gasteiger partial charge is 0.493 e. The topological polar surface area (TPSA) is 82.8 Å². The van der Waals surface area contributed by atoms with Gasteiger partial charge in [-0.25, -0.2) is 4.79 Å². The number of carbonyl (C=O) groups is 1. The lowest BCUT2D eigenvalue weighted by molar-refractivity contribution is -0.134. The molecule has 1 amide bonds. The molecule has 8 nitrogen and oxygen atoms in total. The number of piperidine rings is 1. The zero-order chi connectivity index (χ0) is 24.4. The Morgan fingerprint density at radius 2 is 1.56 bits per heavy atom. The van der Waals surface area contributed by atoms with Gasteiger partial charge in [0.25, 0.3) is 5.56 Å². The smallest absolute Gasteiger partial charge is 0.332 e. The number of benzene rings is 2. The fourth-order valence-electron chi connectivity index (χ4n) is 4.90. The number of hydrogen-bond donors (Lipinski definition) is 0. The van der Waals surface area contributed by atoms with E-state index in [0.29, 0.717) is 47.3 Å². The molecule has 0 unspecified atom stereocenters. The number of methoxy groups -OCH3 is 2. The highest BCUT2D eigenvalue weighted by Crippen LogP contribution is 2.30. The van der Waals surface area contributed by atoms with Crippen LogP contribution in [-0.2, 0) is 17.9 Å². The van der Waals surface area contributed by atoms with Gasteiger partial charge in [0.2, 0.25) is 5.91 Å². The van der Waals surface area contributed by atoms with Crippen molar-refractivity contribution < 1.29 is 14.3 Å². The summed E-state index contributed by atoms with van der Waals surface area (Å²) in [6.45, 7) is 5.55. The lowest BCUT2D eigenvalue weighted by atomic mass is 9.92. The predicted molar refractivity (Wildman–Crippen MR) is 131 cm³/mol. The van der Waals surface area contributed by atoms with E-state index in [9.17, 15) is 14.4 Å². The lowest BCUT2D eigenvalue weighted by Gasteiger charge is -2.35. The molecule has 0 bridgehead atoms. The van der Waals surface area contributed by atoms with Gasteiger partial charge in [-0.15, -0.1) is 0 Å². The Morgan fingerprint density at radius 1 is 0.941 bits per heavy atom. The van der Waals surface area contributed by atoms with E-state index in [-0.39, 0.29) is 19.0 Å². The first-order valence-electron chi connectivity index (χ1n) is 11.5. The molecule has 0 N–H and O–H groups in total. The van der Waals surface area contributed by atoms with E-state index in [1.54, 1.807) is 12.1 Å². The molecule has 0 aliphatic carbocycles. The molecule has 2 atom stereocenters. The first-order chi connectivity index (χ1) is 16.3. The standard InChI is InChI=1S/C26H31N3O5/c1-17-10-18(2)14-27(13-17)24(30)16-28-21-12-23(34-4)22(33-3)11-20(21)25(31)29(26(28)32)15-19-8-6-5-7-9-19/h5-9,11-12,17-18H,10,13-16H2,1-4H3/t17-,18+. The van der Waals surface area contributed by atoms with Crippen LogP contribution in [0, 0.1) is 11.8 Å². The molecule has 0 spiro atoms. The van der Waals surface area contributed by atoms with Crippen LogP contribution in [-0.4, -0.2) is 47.3 Å². The number of likely N-dealkylation sites (tertiary alicyclic amines) is 1. The van der Waals surface area contributed by atoms with E-state index in [1.807, 2.05) is 35.2 Å². The van der Waals surface area contributed by atoms with Gasteiger partial charge in [0.05, 0.1) is 31.7 Å². The third kappa shape index (κ3) is 4.58. The fraction of sp³-hybridized carbons (Fsp3) is 0.423. The van der Waals surface area contributed by atoms with Crippen LogP contribution in [0.3, 0.4) is 0 Å². The maximum atomic E-state index is 13.6. The molecule has 0 saturated carbocycles. The van der Waals surface area contributed by atoms with Gasteiger partial charge in [-0.3, -0.25) is 18.7 Å². The summed E-state index contributed by atoms with van der Waals surface area (Å²) in [5, 5.41) is 0.293. The number of carbonyl (C=O) groups excluding carboxylic acids is 1. The Morgan fingerprint density at radius 3 is 2.18 bits per heavy atom. The minimum absolute atomic E-state index is 0.106. The normalized spacial score (nSPS) is 18.2. The molecule has 180 valence electrons. The Bertz CT molecular complexity index is 1300. The van der Waals surface area contributed by atoms with E-state index in [0.717, 1.165) is 12.0 Å². The summed E-state index contributed by atoms with van der Waals surface area (Å²) < 4.78 is 13.4. The van der Waals surface area contributed by atoms with E-state index in [1.165, 1.54) is 23.4 Å². The van der Waals surface area contributed by atoms with E-state index >= 15 is 0 Å². The molecule has 34 heavy (non-hydrogen) atoms. The third-order valence-corrected chi connectivity index (χ3v) is 6.43. The Hall–Kier alpha value is -3.55. The van der Waals surface area contributed by atoms with Crippen LogP contribution in [0.2, 0.25) is 0 Å². The van der Waals surface area contributed by atoms with Gasteiger partial charge in [0.1, 0.15) is 6.54 Å². The van der Waals surface area contributed by atoms with Crippen molar-refractivity contribution in [2.45, 2.75) is 33.4 Å². The van der Waals surface area contributed by atoms with Gasteiger partial charge in [-0.1, -0.05) is 44.2 Å². The van der Waals surface area contributed by atoms with Crippen molar-refractivity contribution in [3.05, 3.63) is 68.9 Å². The molecule has 1 aliphatic rings. The second kappa shape index (κ2) is 9.75. The first-order valence-corrected chi connectivity index (χ1v) is 11.5. The van der Waals surface area contributed by atoms with E-state index < -0.39 is 11.2 Å². The van der Waals surface area contributed by atoms with Crippen molar-refractivity contribution in [2.24, 2.45) is 11.8 Å². The van der Waals surface area contributed by atoms with Crippen LogP contribution in [0.15, 0.2) is 52.1 Å². The number of amides is 1. The Balaban J connectivity index is 1.86. The fourth-order valence-corrected chi connectivity index (χ4v) is 4.90. The summed E-state index contributed by atoms with van der Waals surface area (Å²) in [6.07, 6.45) is 1.08. The average Bonchev–Trinajstić information content (AvgIpc) is 2.83. The summed E-state index contributed by atoms with van der Waals surface area (Å²) in [7, 11) is 2.98. The van der Waals surface area contributed by atoms with Crippen LogP contribution in [0.4, 0.5) is 0 Å². The summed E-state index contributed by atoms with van der Waals surface area (Å²) >= 11 is 0. The Kier molecular flexibility index (Phi) is 6.77. The summed E-state index contributed by atoms with van der Waals surface area (Å²) in [4.78, 5) is 42.1. The highest BCUT2D eigenvalue weighted by Gasteiger charge is 2.27. The highest BCUT2D eigenvalue weighted by molar-refractivity contribution is 5.84. The van der Waals surface area contributed by atoms with Crippen molar-refractivity contribution in [1.29, 1.82) is 0 Å². The van der Waals surface area contributed by atoms with Crippen molar-refractivity contribution in [1.82, 2.24) is 14.0 Å². The van der Waals surface area contributed by atoms with Crippen molar-refractivity contribution in [3.8, 4) is 11.5 Å². The number of ether oxygens (including phenoxy) is 2. The number of aromatic nitrogens is 2. The van der Waals surface area contributed by atoms with Gasteiger partial charge < -0.3 is 14.4 Å². The number of fused-ring (bicyclic) bond motifs is 1. The first kappa shape index (κ1) is 23.6. The molecule has 0 radical (unpaired) electrons. The molecule has 1 aliphatic heterocycles. The maximum Gasteiger partial charge on any atom is 0.332 e. The van der Waals surface area contributed by atoms with Crippen molar-refractivity contribution in [3.63, 3.8) is 0 Å². The monoisotopic (exact) mass is 465 g/mol. The minimum Gasteiger partial charge on any atom is -0.493 e. The maximum absolute atomic E-state index is 13.6. The van der Waals surface area contributed by atoms with Crippen LogP contribution in [0.5, 0.6) is 11.5 Å². The molecule has 1 fully saturated rings. The van der Waals surface area contributed by atoms with Crippen molar-refractivity contribution in [2.75, 3.05) is 27.3 Å². The second-order valence-corrected chi connectivity index (χ2v) is 9.21. The Labute approximate surface area is 198 Å².